The molecule has 1 heteroatoms. The molecule has 0 N–H and O–H groups in total. The zero-order valence-electron chi connectivity index (χ0n) is 14.7. The van der Waals surface area contributed by atoms with Crippen LogP contribution < -0.4 is 0 Å². The smallest absolute Gasteiger partial charge is 0.113 e. The van der Waals surface area contributed by atoms with E-state index in [9.17, 15) is 0 Å². The molecular weight excluding hydrogens is 271 g/mol. The van der Waals surface area contributed by atoms with E-state index < -0.39 is 5.67 Å². The lowest BCUT2D eigenvalue weighted by Crippen LogP contribution is -2.53. The molecule has 7 atom stereocenters. The predicted molar refractivity (Wildman–Crippen MR) is 90.4 cm³/mol. The van der Waals surface area contributed by atoms with Gasteiger partial charge < -0.3 is 0 Å². The van der Waals surface area contributed by atoms with E-state index >= 15 is 4.39 Å². The summed E-state index contributed by atoms with van der Waals surface area (Å²) in [6.45, 7) is 6.76. The monoisotopic (exact) mass is 304 g/mol. The normalized spacial score (nSPS) is 57.6. The first-order valence-electron chi connectivity index (χ1n) is 9.74. The van der Waals surface area contributed by atoms with Crippen molar-refractivity contribution in [3.05, 3.63) is 12.2 Å². The fourth-order valence-corrected chi connectivity index (χ4v) is 7.25. The van der Waals surface area contributed by atoms with E-state index in [1.54, 1.807) is 0 Å². The van der Waals surface area contributed by atoms with Gasteiger partial charge in [-0.3, -0.25) is 0 Å². The van der Waals surface area contributed by atoms with Crippen LogP contribution in [0.2, 0.25) is 0 Å². The zero-order chi connectivity index (χ0) is 15.6. The van der Waals surface area contributed by atoms with Gasteiger partial charge in [0.1, 0.15) is 5.67 Å². The number of alkyl halides is 1. The lowest BCUT2D eigenvalue weighted by atomic mass is 9.46. The molecule has 0 aromatic rings. The fraction of sp³-hybridized carbons (Fsp3) is 0.905. The van der Waals surface area contributed by atoms with E-state index in [2.05, 4.69) is 26.0 Å². The van der Waals surface area contributed by atoms with Crippen LogP contribution in [0.4, 0.5) is 4.39 Å². The molecule has 0 radical (unpaired) electrons. The highest BCUT2D eigenvalue weighted by Gasteiger charge is 2.63. The summed E-state index contributed by atoms with van der Waals surface area (Å²) >= 11 is 0. The summed E-state index contributed by atoms with van der Waals surface area (Å²) in [5.74, 6) is 3.08. The van der Waals surface area contributed by atoms with Crippen molar-refractivity contribution in [2.45, 2.75) is 84.2 Å². The van der Waals surface area contributed by atoms with Gasteiger partial charge in [0.2, 0.25) is 0 Å². The van der Waals surface area contributed by atoms with Gasteiger partial charge in [-0.1, -0.05) is 26.0 Å². The van der Waals surface area contributed by atoms with Gasteiger partial charge in [-0.2, -0.15) is 0 Å². The van der Waals surface area contributed by atoms with Gasteiger partial charge in [0.25, 0.3) is 0 Å². The molecule has 22 heavy (non-hydrogen) atoms. The summed E-state index contributed by atoms with van der Waals surface area (Å²) in [6, 6.07) is 0. The van der Waals surface area contributed by atoms with Crippen LogP contribution in [0.3, 0.4) is 0 Å². The van der Waals surface area contributed by atoms with Crippen molar-refractivity contribution in [2.75, 3.05) is 0 Å². The first kappa shape index (κ1) is 15.2. The zero-order valence-corrected chi connectivity index (χ0v) is 14.7. The van der Waals surface area contributed by atoms with Crippen LogP contribution in [0.5, 0.6) is 0 Å². The average molecular weight is 304 g/mol. The highest BCUT2D eigenvalue weighted by Crippen LogP contribution is 2.68. The molecule has 0 aromatic carbocycles. The first-order valence-corrected chi connectivity index (χ1v) is 9.74. The molecular formula is C21H33F. The van der Waals surface area contributed by atoms with E-state index in [4.69, 9.17) is 0 Å². The minimum atomic E-state index is -0.927. The van der Waals surface area contributed by atoms with Crippen molar-refractivity contribution in [1.29, 1.82) is 0 Å². The van der Waals surface area contributed by atoms with Crippen LogP contribution in [0, 0.1) is 34.5 Å². The second-order valence-corrected chi connectivity index (χ2v) is 9.58. The minimum absolute atomic E-state index is 0.0437. The molecule has 0 saturated heterocycles. The topological polar surface area (TPSA) is 0 Å². The number of hydrogen-bond donors (Lipinski definition) is 0. The molecule has 4 rings (SSSR count). The molecule has 0 nitrogen and oxygen atoms in total. The quantitative estimate of drug-likeness (QED) is 0.460. The van der Waals surface area contributed by atoms with Crippen molar-refractivity contribution in [2.24, 2.45) is 34.5 Å². The van der Waals surface area contributed by atoms with E-state index in [0.717, 1.165) is 37.0 Å². The number of hydrogen-bond acceptors (Lipinski definition) is 0. The molecule has 0 spiro atoms. The summed E-state index contributed by atoms with van der Waals surface area (Å²) in [5.41, 5.74) is -0.478. The molecule has 0 heterocycles. The fourth-order valence-electron chi connectivity index (χ4n) is 7.25. The summed E-state index contributed by atoms with van der Waals surface area (Å²) in [7, 11) is 0. The summed E-state index contributed by atoms with van der Waals surface area (Å²) < 4.78 is 15.2. The van der Waals surface area contributed by atoms with Crippen LogP contribution in [-0.2, 0) is 0 Å². The van der Waals surface area contributed by atoms with E-state index in [0.29, 0.717) is 11.3 Å². The molecule has 124 valence electrons. The third-order valence-corrected chi connectivity index (χ3v) is 8.90. The van der Waals surface area contributed by atoms with Gasteiger partial charge in [0.05, 0.1) is 0 Å². The van der Waals surface area contributed by atoms with Crippen LogP contribution >= 0.6 is 0 Å². The number of rotatable bonds is 0. The lowest BCUT2D eigenvalue weighted by molar-refractivity contribution is -0.110. The van der Waals surface area contributed by atoms with E-state index in [-0.39, 0.29) is 5.41 Å². The van der Waals surface area contributed by atoms with Gasteiger partial charge in [0, 0.05) is 5.41 Å². The number of fused-ring (bicyclic) bond motifs is 5. The molecule has 4 aliphatic carbocycles. The van der Waals surface area contributed by atoms with Gasteiger partial charge in [-0.15, -0.1) is 0 Å². The summed E-state index contributed by atoms with van der Waals surface area (Å²) in [5, 5.41) is 0. The van der Waals surface area contributed by atoms with Crippen LogP contribution in [0.1, 0.15) is 78.6 Å². The molecule has 3 saturated carbocycles. The Kier molecular flexibility index (Phi) is 3.34. The maximum Gasteiger partial charge on any atom is 0.113 e. The highest BCUT2D eigenvalue weighted by atomic mass is 19.1. The predicted octanol–water partition coefficient (Wildman–Crippen LogP) is 6.31. The molecule has 0 amide bonds. The van der Waals surface area contributed by atoms with Crippen molar-refractivity contribution in [3.63, 3.8) is 0 Å². The van der Waals surface area contributed by atoms with Crippen LogP contribution in [0.25, 0.3) is 0 Å². The van der Waals surface area contributed by atoms with Crippen molar-refractivity contribution >= 4 is 0 Å². The molecule has 3 fully saturated rings. The largest absolute Gasteiger partial charge is 0.244 e. The van der Waals surface area contributed by atoms with Crippen molar-refractivity contribution in [3.8, 4) is 0 Å². The molecule has 4 aliphatic rings. The van der Waals surface area contributed by atoms with Gasteiger partial charge in [-0.05, 0) is 93.8 Å². The Morgan fingerprint density at radius 2 is 1.68 bits per heavy atom. The van der Waals surface area contributed by atoms with Crippen LogP contribution in [0.15, 0.2) is 12.2 Å². The molecule has 0 bridgehead atoms. The Balaban J connectivity index is 1.67. The third-order valence-electron chi connectivity index (χ3n) is 8.90. The van der Waals surface area contributed by atoms with Crippen molar-refractivity contribution < 1.29 is 4.39 Å². The maximum absolute atomic E-state index is 15.2. The SMILES string of the molecule is CC1(F)CCC2C3CCC4C=CCCC[C@]4(C)C3CCC21C. The third kappa shape index (κ3) is 1.86. The van der Waals surface area contributed by atoms with Crippen molar-refractivity contribution in [1.82, 2.24) is 0 Å². The minimum Gasteiger partial charge on any atom is -0.244 e. The number of allylic oxidation sites excluding steroid dienone is 2. The molecule has 0 aromatic heterocycles. The lowest BCUT2D eigenvalue weighted by Gasteiger charge is -2.59. The van der Waals surface area contributed by atoms with Gasteiger partial charge in [-0.25, -0.2) is 4.39 Å². The van der Waals surface area contributed by atoms with Gasteiger partial charge >= 0.3 is 0 Å². The first-order chi connectivity index (χ1) is 10.4. The summed E-state index contributed by atoms with van der Waals surface area (Å²) in [4.78, 5) is 0. The average Bonchev–Trinajstić information content (AvgIpc) is 2.62. The molecule has 0 aliphatic heterocycles. The second-order valence-electron chi connectivity index (χ2n) is 9.58. The summed E-state index contributed by atoms with van der Waals surface area (Å²) in [6.07, 6.45) is 16.1. The number of halogens is 1. The molecule has 6 unspecified atom stereocenters. The van der Waals surface area contributed by atoms with Crippen LogP contribution in [-0.4, -0.2) is 5.67 Å². The van der Waals surface area contributed by atoms with E-state index in [1.165, 1.54) is 38.5 Å². The standard InChI is InChI=1S/C21H33F/c1-19-12-6-4-5-7-15(19)8-9-16-17(19)10-13-20(2)18(16)11-14-21(20,3)22/h5,7,15-18H,4,6,8-14H2,1-3H3/t15?,16?,17?,18?,19-,20?,21?/m0/s1. The maximum atomic E-state index is 15.2. The highest BCUT2D eigenvalue weighted by molar-refractivity contribution is 5.14. The Morgan fingerprint density at radius 3 is 2.50 bits per heavy atom. The van der Waals surface area contributed by atoms with Gasteiger partial charge in [0.15, 0.2) is 0 Å². The Bertz CT molecular complexity index is 478. The second kappa shape index (κ2) is 4.84. The Morgan fingerprint density at radius 1 is 0.909 bits per heavy atom. The van der Waals surface area contributed by atoms with E-state index in [1.807, 2.05) is 6.92 Å². The Labute approximate surface area is 135 Å². The Hall–Kier alpha value is -0.330.